The maximum absolute atomic E-state index is 12.9. The van der Waals surface area contributed by atoms with Crippen molar-refractivity contribution in [2.24, 2.45) is 0 Å². The van der Waals surface area contributed by atoms with Gasteiger partial charge in [0.15, 0.2) is 0 Å². The Hall–Kier alpha value is -2.54. The predicted octanol–water partition coefficient (Wildman–Crippen LogP) is 3.22. The van der Waals surface area contributed by atoms with Crippen LogP contribution in [0.5, 0.6) is 5.75 Å². The van der Waals surface area contributed by atoms with Crippen LogP contribution in [0.1, 0.15) is 43.0 Å². The van der Waals surface area contributed by atoms with Gasteiger partial charge >= 0.3 is 0 Å². The topological polar surface area (TPSA) is 75.7 Å². The molecule has 2 aromatic carbocycles. The highest BCUT2D eigenvalue weighted by molar-refractivity contribution is 7.92. The second-order valence-electron chi connectivity index (χ2n) is 7.54. The SMILES string of the molecule is COc1ccc(N(C(C)C(=O)NC(C)c2ccc3c(c2)CCC3)S(C)(=O)=O)cc1. The van der Waals surface area contributed by atoms with E-state index in [9.17, 15) is 13.2 Å². The highest BCUT2D eigenvalue weighted by atomic mass is 32.2. The van der Waals surface area contributed by atoms with Crippen LogP contribution in [0.3, 0.4) is 0 Å². The molecule has 1 N–H and O–H groups in total. The van der Waals surface area contributed by atoms with Gasteiger partial charge in [-0.2, -0.15) is 0 Å². The van der Waals surface area contributed by atoms with Gasteiger partial charge < -0.3 is 10.1 Å². The fraction of sp³-hybridized carbons (Fsp3) is 0.409. The molecular formula is C22H28N2O4S. The summed E-state index contributed by atoms with van der Waals surface area (Å²) in [6.45, 7) is 3.51. The van der Waals surface area contributed by atoms with Gasteiger partial charge in [-0.15, -0.1) is 0 Å². The number of anilines is 1. The molecule has 0 fully saturated rings. The lowest BCUT2D eigenvalue weighted by Crippen LogP contribution is -2.48. The van der Waals surface area contributed by atoms with E-state index in [-0.39, 0.29) is 11.9 Å². The first-order valence-corrected chi connectivity index (χ1v) is 11.6. The Morgan fingerprint density at radius 2 is 1.72 bits per heavy atom. The van der Waals surface area contributed by atoms with Crippen molar-refractivity contribution < 1.29 is 17.9 Å². The number of carbonyl (C=O) groups is 1. The van der Waals surface area contributed by atoms with Crippen molar-refractivity contribution in [3.05, 3.63) is 59.2 Å². The van der Waals surface area contributed by atoms with E-state index >= 15 is 0 Å². The second kappa shape index (κ2) is 8.45. The summed E-state index contributed by atoms with van der Waals surface area (Å²) in [6, 6.07) is 11.8. The molecule has 2 unspecified atom stereocenters. The number of hydrogen-bond donors (Lipinski definition) is 1. The minimum atomic E-state index is -3.66. The lowest BCUT2D eigenvalue weighted by molar-refractivity contribution is -0.122. The van der Waals surface area contributed by atoms with Crippen LogP contribution >= 0.6 is 0 Å². The minimum Gasteiger partial charge on any atom is -0.497 e. The molecule has 0 aromatic heterocycles. The Balaban J connectivity index is 1.78. The van der Waals surface area contributed by atoms with Gasteiger partial charge in [0.05, 0.1) is 25.1 Å². The van der Waals surface area contributed by atoms with Gasteiger partial charge in [-0.25, -0.2) is 8.42 Å². The van der Waals surface area contributed by atoms with Gasteiger partial charge in [-0.1, -0.05) is 18.2 Å². The van der Waals surface area contributed by atoms with E-state index in [2.05, 4.69) is 17.4 Å². The Kier molecular flexibility index (Phi) is 6.17. The molecule has 1 aliphatic rings. The Bertz CT molecular complexity index is 986. The van der Waals surface area contributed by atoms with Crippen molar-refractivity contribution in [3.8, 4) is 5.75 Å². The third-order valence-corrected chi connectivity index (χ3v) is 6.64. The third-order valence-electron chi connectivity index (χ3n) is 5.40. The number of methoxy groups -OCH3 is 1. The molecule has 0 spiro atoms. The fourth-order valence-corrected chi connectivity index (χ4v) is 4.99. The first kappa shape index (κ1) is 21.2. The van der Waals surface area contributed by atoms with Crippen LogP contribution in [0.15, 0.2) is 42.5 Å². The van der Waals surface area contributed by atoms with E-state index in [1.165, 1.54) is 17.5 Å². The van der Waals surface area contributed by atoms with Crippen LogP contribution in [0, 0.1) is 0 Å². The van der Waals surface area contributed by atoms with Crippen molar-refractivity contribution in [3.63, 3.8) is 0 Å². The largest absolute Gasteiger partial charge is 0.497 e. The van der Waals surface area contributed by atoms with E-state index in [0.717, 1.165) is 29.0 Å². The number of hydrogen-bond acceptors (Lipinski definition) is 4. The molecule has 0 aliphatic heterocycles. The number of sulfonamides is 1. The van der Waals surface area contributed by atoms with Crippen LogP contribution in [-0.4, -0.2) is 33.7 Å². The van der Waals surface area contributed by atoms with Crippen molar-refractivity contribution in [1.82, 2.24) is 5.32 Å². The van der Waals surface area contributed by atoms with Crippen LogP contribution in [0.2, 0.25) is 0 Å². The number of amides is 1. The smallest absolute Gasteiger partial charge is 0.244 e. The van der Waals surface area contributed by atoms with Crippen molar-refractivity contribution in [1.29, 1.82) is 0 Å². The molecule has 0 saturated carbocycles. The number of nitrogens with one attached hydrogen (secondary N) is 1. The summed E-state index contributed by atoms with van der Waals surface area (Å²) in [5.74, 6) is 0.267. The maximum Gasteiger partial charge on any atom is 0.244 e. The van der Waals surface area contributed by atoms with Crippen molar-refractivity contribution in [2.45, 2.75) is 45.2 Å². The molecular weight excluding hydrogens is 388 g/mol. The molecule has 1 aliphatic carbocycles. The number of aryl methyl sites for hydroxylation is 2. The summed E-state index contributed by atoms with van der Waals surface area (Å²) in [5, 5.41) is 2.96. The molecule has 1 amide bonds. The number of benzene rings is 2. The minimum absolute atomic E-state index is 0.215. The van der Waals surface area contributed by atoms with E-state index in [4.69, 9.17) is 4.74 Å². The molecule has 0 bridgehead atoms. The molecule has 0 saturated heterocycles. The van der Waals surface area contributed by atoms with Gasteiger partial charge in [-0.3, -0.25) is 9.10 Å². The molecule has 7 heteroatoms. The Morgan fingerprint density at radius 3 is 2.34 bits per heavy atom. The first-order chi connectivity index (χ1) is 13.7. The zero-order chi connectivity index (χ0) is 21.2. The molecule has 3 rings (SSSR count). The average molecular weight is 417 g/mol. The van der Waals surface area contributed by atoms with E-state index < -0.39 is 16.1 Å². The quantitative estimate of drug-likeness (QED) is 0.752. The lowest BCUT2D eigenvalue weighted by Gasteiger charge is -2.29. The monoisotopic (exact) mass is 416 g/mol. The highest BCUT2D eigenvalue weighted by Crippen LogP contribution is 2.27. The lowest BCUT2D eigenvalue weighted by atomic mass is 10.0. The Labute approximate surface area is 172 Å². The number of carbonyl (C=O) groups excluding carboxylic acids is 1. The zero-order valence-electron chi connectivity index (χ0n) is 17.3. The van der Waals surface area contributed by atoms with Gasteiger partial charge in [0.1, 0.15) is 11.8 Å². The van der Waals surface area contributed by atoms with Crippen molar-refractivity contribution in [2.75, 3.05) is 17.7 Å². The second-order valence-corrected chi connectivity index (χ2v) is 9.40. The standard InChI is InChI=1S/C22H28N2O4S/c1-15(18-9-8-17-6-5-7-19(17)14-18)23-22(25)16(2)24(29(4,26)27)20-10-12-21(28-3)13-11-20/h8-16H,5-7H2,1-4H3,(H,23,25). The molecule has 0 radical (unpaired) electrons. The molecule has 29 heavy (non-hydrogen) atoms. The average Bonchev–Trinajstić information content (AvgIpc) is 3.15. The summed E-state index contributed by atoms with van der Waals surface area (Å²) in [7, 11) is -2.12. The van der Waals surface area contributed by atoms with Gasteiger partial charge in [-0.05, 0) is 74.1 Å². The van der Waals surface area contributed by atoms with Crippen LogP contribution in [0.4, 0.5) is 5.69 Å². The fourth-order valence-electron chi connectivity index (χ4n) is 3.82. The summed E-state index contributed by atoms with van der Waals surface area (Å²) < 4.78 is 31.1. The number of fused-ring (bicyclic) bond motifs is 1. The number of ether oxygens (including phenoxy) is 1. The van der Waals surface area contributed by atoms with Crippen molar-refractivity contribution >= 4 is 21.6 Å². The Morgan fingerprint density at radius 1 is 1.07 bits per heavy atom. The number of nitrogens with zero attached hydrogens (tertiary/aromatic N) is 1. The van der Waals surface area contributed by atoms with Crippen LogP contribution in [-0.2, 0) is 27.7 Å². The highest BCUT2D eigenvalue weighted by Gasteiger charge is 2.30. The van der Waals surface area contributed by atoms with Crippen LogP contribution < -0.4 is 14.4 Å². The maximum atomic E-state index is 12.9. The van der Waals surface area contributed by atoms with E-state index in [1.54, 1.807) is 38.3 Å². The molecule has 2 atom stereocenters. The zero-order valence-corrected chi connectivity index (χ0v) is 18.1. The molecule has 0 heterocycles. The third kappa shape index (κ3) is 4.72. The van der Waals surface area contributed by atoms with E-state index in [0.29, 0.717) is 11.4 Å². The summed E-state index contributed by atoms with van der Waals surface area (Å²) >= 11 is 0. The molecule has 2 aromatic rings. The van der Waals surface area contributed by atoms with Gasteiger partial charge in [0.2, 0.25) is 15.9 Å². The van der Waals surface area contributed by atoms with Crippen LogP contribution in [0.25, 0.3) is 0 Å². The predicted molar refractivity (Wildman–Crippen MR) is 115 cm³/mol. The first-order valence-electron chi connectivity index (χ1n) is 9.76. The summed E-state index contributed by atoms with van der Waals surface area (Å²) in [6.07, 6.45) is 4.45. The molecule has 156 valence electrons. The summed E-state index contributed by atoms with van der Waals surface area (Å²) in [5.41, 5.74) is 4.17. The normalized spacial score (nSPS) is 15.3. The van der Waals surface area contributed by atoms with Gasteiger partial charge in [0, 0.05) is 0 Å². The number of rotatable bonds is 7. The van der Waals surface area contributed by atoms with Gasteiger partial charge in [0.25, 0.3) is 0 Å². The summed E-state index contributed by atoms with van der Waals surface area (Å²) in [4.78, 5) is 12.9. The van der Waals surface area contributed by atoms with E-state index in [1.807, 2.05) is 13.0 Å². The molecule has 6 nitrogen and oxygen atoms in total.